The molecule has 0 spiro atoms. The molecule has 0 aliphatic carbocycles. The van der Waals surface area contributed by atoms with Crippen LogP contribution in [0.2, 0.25) is 0 Å². The van der Waals surface area contributed by atoms with Crippen LogP contribution in [0.4, 0.5) is 0 Å². The Balaban J connectivity index is 2.57. The molecule has 0 atom stereocenters. The number of aliphatic hydroxyl groups is 1. The molecule has 1 N–H and O–H groups in total. The first-order chi connectivity index (χ1) is 6.76. The standard InChI is InChI=1S/C9H6O3S2/c10-2-5-4-13-8-1-7(6(12)3-11)14-9(5)8/h1-2,4,11H,3H2. The highest BCUT2D eigenvalue weighted by Crippen LogP contribution is 2.33. The van der Waals surface area contributed by atoms with Crippen molar-refractivity contribution >= 4 is 44.1 Å². The molecule has 0 radical (unpaired) electrons. The lowest BCUT2D eigenvalue weighted by Gasteiger charge is -1.87. The molecule has 0 aliphatic heterocycles. The van der Waals surface area contributed by atoms with Crippen LogP contribution in [0.5, 0.6) is 0 Å². The first-order valence-corrected chi connectivity index (χ1v) is 5.56. The van der Waals surface area contributed by atoms with Crippen molar-refractivity contribution in [1.82, 2.24) is 0 Å². The van der Waals surface area contributed by atoms with Gasteiger partial charge in [0.05, 0.1) is 9.58 Å². The van der Waals surface area contributed by atoms with E-state index in [4.69, 9.17) is 5.11 Å². The number of carbonyl (C=O) groups is 2. The fraction of sp³-hybridized carbons (Fsp3) is 0.111. The summed E-state index contributed by atoms with van der Waals surface area (Å²) in [6.07, 6.45) is 0.780. The predicted molar refractivity (Wildman–Crippen MR) is 56.5 cm³/mol. The van der Waals surface area contributed by atoms with E-state index in [1.54, 1.807) is 11.4 Å². The van der Waals surface area contributed by atoms with Gasteiger partial charge < -0.3 is 5.11 Å². The predicted octanol–water partition coefficient (Wildman–Crippen LogP) is 1.95. The lowest BCUT2D eigenvalue weighted by Crippen LogP contribution is -2.00. The monoisotopic (exact) mass is 226 g/mol. The van der Waals surface area contributed by atoms with Gasteiger partial charge in [-0.15, -0.1) is 22.7 Å². The van der Waals surface area contributed by atoms with Crippen LogP contribution < -0.4 is 0 Å². The Labute approximate surface area is 87.6 Å². The van der Waals surface area contributed by atoms with Gasteiger partial charge >= 0.3 is 0 Å². The summed E-state index contributed by atoms with van der Waals surface area (Å²) < 4.78 is 1.76. The summed E-state index contributed by atoms with van der Waals surface area (Å²) in [7, 11) is 0. The van der Waals surface area contributed by atoms with Gasteiger partial charge in [-0.05, 0) is 6.07 Å². The molecule has 0 aliphatic rings. The van der Waals surface area contributed by atoms with Crippen LogP contribution in [-0.2, 0) is 0 Å². The smallest absolute Gasteiger partial charge is 0.198 e. The zero-order chi connectivity index (χ0) is 10.1. The van der Waals surface area contributed by atoms with Crippen LogP contribution in [0.15, 0.2) is 11.4 Å². The molecule has 5 heteroatoms. The van der Waals surface area contributed by atoms with Crippen molar-refractivity contribution < 1.29 is 14.7 Å². The van der Waals surface area contributed by atoms with Crippen molar-refractivity contribution in [3.63, 3.8) is 0 Å². The summed E-state index contributed by atoms with van der Waals surface area (Å²) in [6.45, 7) is -0.482. The maximum atomic E-state index is 11.2. The minimum Gasteiger partial charge on any atom is -0.388 e. The van der Waals surface area contributed by atoms with Gasteiger partial charge in [-0.25, -0.2) is 0 Å². The minimum atomic E-state index is -0.482. The van der Waals surface area contributed by atoms with Gasteiger partial charge in [-0.3, -0.25) is 9.59 Å². The second kappa shape index (κ2) is 3.61. The molecule has 0 fully saturated rings. The Morgan fingerprint density at radius 1 is 1.57 bits per heavy atom. The molecular weight excluding hydrogens is 220 g/mol. The number of hydrogen-bond donors (Lipinski definition) is 1. The first kappa shape index (κ1) is 9.51. The van der Waals surface area contributed by atoms with E-state index < -0.39 is 6.61 Å². The molecule has 72 valence electrons. The highest BCUT2D eigenvalue weighted by molar-refractivity contribution is 7.28. The van der Waals surface area contributed by atoms with Gasteiger partial charge in [0.15, 0.2) is 12.1 Å². The zero-order valence-electron chi connectivity index (χ0n) is 7.02. The third-order valence-electron chi connectivity index (χ3n) is 1.82. The molecule has 0 bridgehead atoms. The van der Waals surface area contributed by atoms with Gasteiger partial charge in [0.2, 0.25) is 0 Å². The second-order valence-electron chi connectivity index (χ2n) is 2.69. The number of thiophene rings is 2. The maximum Gasteiger partial charge on any atom is 0.198 e. The van der Waals surface area contributed by atoms with Crippen molar-refractivity contribution in [3.05, 3.63) is 21.9 Å². The highest BCUT2D eigenvalue weighted by atomic mass is 32.1. The molecular formula is C9H6O3S2. The van der Waals surface area contributed by atoms with E-state index in [2.05, 4.69) is 0 Å². The van der Waals surface area contributed by atoms with Crippen LogP contribution in [0.1, 0.15) is 20.0 Å². The third kappa shape index (κ3) is 1.39. The van der Waals surface area contributed by atoms with Crippen LogP contribution in [0.25, 0.3) is 9.40 Å². The number of fused-ring (bicyclic) bond motifs is 1. The SMILES string of the molecule is O=Cc1csc2cc(C(=O)CO)sc12. The van der Waals surface area contributed by atoms with Gasteiger partial charge in [-0.2, -0.15) is 0 Å². The van der Waals surface area contributed by atoms with E-state index in [1.165, 1.54) is 22.7 Å². The summed E-state index contributed by atoms with van der Waals surface area (Å²) >= 11 is 2.69. The Morgan fingerprint density at radius 3 is 3.00 bits per heavy atom. The van der Waals surface area contributed by atoms with Gasteiger partial charge in [-0.1, -0.05) is 0 Å². The van der Waals surface area contributed by atoms with E-state index >= 15 is 0 Å². The molecule has 3 nitrogen and oxygen atoms in total. The summed E-state index contributed by atoms with van der Waals surface area (Å²) in [6, 6.07) is 1.72. The molecule has 0 amide bonds. The largest absolute Gasteiger partial charge is 0.388 e. The average molecular weight is 226 g/mol. The molecule has 2 aromatic heterocycles. The first-order valence-electron chi connectivity index (χ1n) is 3.86. The van der Waals surface area contributed by atoms with Crippen molar-refractivity contribution in [2.45, 2.75) is 0 Å². The molecule has 14 heavy (non-hydrogen) atoms. The fourth-order valence-electron chi connectivity index (χ4n) is 1.14. The molecule has 2 heterocycles. The number of rotatable bonds is 3. The minimum absolute atomic E-state index is 0.296. The lowest BCUT2D eigenvalue weighted by molar-refractivity contribution is 0.0908. The Morgan fingerprint density at radius 2 is 2.36 bits per heavy atom. The number of ketones is 1. The van der Waals surface area contributed by atoms with Gasteiger partial charge in [0, 0.05) is 15.6 Å². The van der Waals surface area contributed by atoms with E-state index in [9.17, 15) is 9.59 Å². The molecule has 0 saturated heterocycles. The Hall–Kier alpha value is -1.04. The van der Waals surface area contributed by atoms with Crippen molar-refractivity contribution in [3.8, 4) is 0 Å². The summed E-state index contributed by atoms with van der Waals surface area (Å²) in [4.78, 5) is 22.3. The number of Topliss-reactive ketones (excluding diaryl/α,β-unsaturated/α-hetero) is 1. The highest BCUT2D eigenvalue weighted by Gasteiger charge is 2.12. The summed E-state index contributed by atoms with van der Waals surface area (Å²) in [5.74, 6) is -0.296. The molecule has 2 aromatic rings. The summed E-state index contributed by atoms with van der Waals surface area (Å²) in [5, 5.41) is 10.4. The van der Waals surface area contributed by atoms with E-state index in [0.29, 0.717) is 10.4 Å². The van der Waals surface area contributed by atoms with Crippen molar-refractivity contribution in [2.75, 3.05) is 6.61 Å². The zero-order valence-corrected chi connectivity index (χ0v) is 8.65. The molecule has 0 aromatic carbocycles. The topological polar surface area (TPSA) is 54.4 Å². The third-order valence-corrected chi connectivity index (χ3v) is 4.12. The number of aliphatic hydroxyl groups excluding tert-OH is 1. The molecule has 0 saturated carbocycles. The van der Waals surface area contributed by atoms with Gasteiger partial charge in [0.1, 0.15) is 6.61 Å². The number of hydrogen-bond acceptors (Lipinski definition) is 5. The number of carbonyl (C=O) groups excluding carboxylic acids is 2. The van der Waals surface area contributed by atoms with Crippen LogP contribution in [0, 0.1) is 0 Å². The Bertz CT molecular complexity index is 495. The van der Waals surface area contributed by atoms with Crippen molar-refractivity contribution in [1.29, 1.82) is 0 Å². The lowest BCUT2D eigenvalue weighted by atomic mass is 10.3. The Kier molecular flexibility index (Phi) is 2.45. The molecule has 2 rings (SSSR count). The normalized spacial score (nSPS) is 10.6. The van der Waals surface area contributed by atoms with E-state index in [-0.39, 0.29) is 5.78 Å². The van der Waals surface area contributed by atoms with E-state index in [0.717, 1.165) is 15.7 Å². The van der Waals surface area contributed by atoms with E-state index in [1.807, 2.05) is 0 Å². The van der Waals surface area contributed by atoms with Crippen LogP contribution in [0.3, 0.4) is 0 Å². The molecule has 0 unspecified atom stereocenters. The average Bonchev–Trinajstić information content (AvgIpc) is 2.74. The van der Waals surface area contributed by atoms with Crippen LogP contribution >= 0.6 is 22.7 Å². The van der Waals surface area contributed by atoms with Crippen molar-refractivity contribution in [2.24, 2.45) is 0 Å². The number of aldehydes is 1. The summed E-state index contributed by atoms with van der Waals surface area (Å²) in [5.41, 5.74) is 0.618. The maximum absolute atomic E-state index is 11.2. The quantitative estimate of drug-likeness (QED) is 0.643. The second-order valence-corrected chi connectivity index (χ2v) is 4.66. The fourth-order valence-corrected chi connectivity index (χ4v) is 3.36. The van der Waals surface area contributed by atoms with Crippen LogP contribution in [-0.4, -0.2) is 23.8 Å². The van der Waals surface area contributed by atoms with Gasteiger partial charge in [0.25, 0.3) is 0 Å².